The number of carbonyl (C=O) groups is 2. The fourth-order valence-corrected chi connectivity index (χ4v) is 5.52. The molecule has 1 fully saturated rings. The Labute approximate surface area is 199 Å². The van der Waals surface area contributed by atoms with Crippen LogP contribution in [0.5, 0.6) is 0 Å². The lowest BCUT2D eigenvalue weighted by molar-refractivity contribution is -0.165. The Morgan fingerprint density at radius 2 is 2.00 bits per heavy atom. The molecule has 5 rings (SSSR count). The van der Waals surface area contributed by atoms with Crippen molar-refractivity contribution in [2.75, 3.05) is 5.32 Å². The number of pyridine rings is 1. The van der Waals surface area contributed by atoms with Gasteiger partial charge < -0.3 is 15.2 Å². The van der Waals surface area contributed by atoms with E-state index >= 15 is 0 Å². The summed E-state index contributed by atoms with van der Waals surface area (Å²) in [7, 11) is 0. The van der Waals surface area contributed by atoms with Gasteiger partial charge in [0, 0.05) is 35.9 Å². The third kappa shape index (κ3) is 4.15. The number of aliphatic hydroxyl groups excluding tert-OH is 1. The van der Waals surface area contributed by atoms with Crippen molar-refractivity contribution in [1.82, 2.24) is 4.98 Å². The first-order valence-corrected chi connectivity index (χ1v) is 11.7. The molecule has 1 saturated carbocycles. The molecule has 1 amide bonds. The van der Waals surface area contributed by atoms with Gasteiger partial charge in [-0.2, -0.15) is 0 Å². The molecule has 3 atom stereocenters. The van der Waals surface area contributed by atoms with Gasteiger partial charge in [0.15, 0.2) is 6.29 Å². The molecule has 1 aliphatic heterocycles. The Morgan fingerprint density at radius 1 is 1.18 bits per heavy atom. The molecule has 1 aliphatic carbocycles. The number of rotatable bonds is 4. The van der Waals surface area contributed by atoms with E-state index in [4.69, 9.17) is 4.74 Å². The standard InChI is InChI=1S/C28H28N2O4/c1-18-25(8-5-13-29-18)30-26(32)20-9-10-23-21(14-20)17-34-27(33)24-15-22(31)11-12-28(23,24)16-19-6-3-2-4-7-19/h2-10,13-14,24,27,33H,11-12,15-17H2,1H3,(H,30,32)/t24-,27?,28-/m1/s1. The molecule has 2 aliphatic rings. The highest BCUT2D eigenvalue weighted by Crippen LogP contribution is 2.50. The summed E-state index contributed by atoms with van der Waals surface area (Å²) >= 11 is 0. The minimum Gasteiger partial charge on any atom is -0.368 e. The number of aromatic nitrogens is 1. The van der Waals surface area contributed by atoms with Gasteiger partial charge in [-0.05, 0) is 60.7 Å². The average Bonchev–Trinajstić information content (AvgIpc) is 2.96. The highest BCUT2D eigenvalue weighted by atomic mass is 16.6. The largest absolute Gasteiger partial charge is 0.368 e. The summed E-state index contributed by atoms with van der Waals surface area (Å²) in [6, 6.07) is 19.4. The van der Waals surface area contributed by atoms with Gasteiger partial charge in [0.25, 0.3) is 5.91 Å². The molecule has 6 nitrogen and oxygen atoms in total. The molecule has 2 N–H and O–H groups in total. The molecule has 0 spiro atoms. The first-order chi connectivity index (χ1) is 16.5. The molecule has 1 unspecified atom stereocenters. The monoisotopic (exact) mass is 456 g/mol. The number of anilines is 1. The number of hydrogen-bond acceptors (Lipinski definition) is 5. The number of ether oxygens (including phenoxy) is 1. The molecule has 0 saturated heterocycles. The maximum Gasteiger partial charge on any atom is 0.255 e. The van der Waals surface area contributed by atoms with Crippen molar-refractivity contribution in [3.8, 4) is 0 Å². The van der Waals surface area contributed by atoms with E-state index in [-0.39, 0.29) is 30.6 Å². The second-order valence-corrected chi connectivity index (χ2v) is 9.33. The zero-order chi connectivity index (χ0) is 23.7. The molecule has 3 aromatic rings. The number of aryl methyl sites for hydroxylation is 1. The number of benzene rings is 2. The van der Waals surface area contributed by atoms with Crippen LogP contribution in [0.25, 0.3) is 0 Å². The Kier molecular flexibility index (Phi) is 6.02. The van der Waals surface area contributed by atoms with Crippen molar-refractivity contribution in [1.29, 1.82) is 0 Å². The van der Waals surface area contributed by atoms with E-state index in [1.807, 2.05) is 49.4 Å². The molecule has 2 heterocycles. The number of ketones is 1. The molecule has 174 valence electrons. The molecule has 1 aromatic heterocycles. The maximum absolute atomic E-state index is 13.0. The lowest BCUT2D eigenvalue weighted by atomic mass is 9.59. The van der Waals surface area contributed by atoms with E-state index in [1.165, 1.54) is 0 Å². The highest BCUT2D eigenvalue weighted by Gasteiger charge is 2.50. The second kappa shape index (κ2) is 9.12. The summed E-state index contributed by atoms with van der Waals surface area (Å²) in [6.45, 7) is 2.03. The summed E-state index contributed by atoms with van der Waals surface area (Å²) in [5.41, 5.74) is 4.56. The molecule has 2 aromatic carbocycles. The number of nitrogens with one attached hydrogen (secondary N) is 1. The van der Waals surface area contributed by atoms with Crippen molar-refractivity contribution >= 4 is 17.4 Å². The number of amides is 1. The molecular weight excluding hydrogens is 428 g/mol. The number of Topliss-reactive ketones (excluding diaryl/α,β-unsaturated/α-hetero) is 1. The molecule has 6 heteroatoms. The van der Waals surface area contributed by atoms with E-state index < -0.39 is 11.7 Å². The third-order valence-electron chi connectivity index (χ3n) is 7.28. The highest BCUT2D eigenvalue weighted by molar-refractivity contribution is 6.04. The van der Waals surface area contributed by atoms with E-state index in [0.717, 1.165) is 22.4 Å². The average molecular weight is 457 g/mol. The summed E-state index contributed by atoms with van der Waals surface area (Å²) < 4.78 is 5.84. The minimum absolute atomic E-state index is 0.155. The van der Waals surface area contributed by atoms with Crippen LogP contribution in [0.2, 0.25) is 0 Å². The van der Waals surface area contributed by atoms with Gasteiger partial charge >= 0.3 is 0 Å². The minimum atomic E-state index is -1.05. The molecular formula is C28H28N2O4. The predicted octanol–water partition coefficient (Wildman–Crippen LogP) is 4.34. The van der Waals surface area contributed by atoms with E-state index in [9.17, 15) is 14.7 Å². The Morgan fingerprint density at radius 3 is 2.79 bits per heavy atom. The summed E-state index contributed by atoms with van der Waals surface area (Å²) in [4.78, 5) is 29.7. The van der Waals surface area contributed by atoms with Crippen LogP contribution >= 0.6 is 0 Å². The molecule has 0 bridgehead atoms. The fourth-order valence-electron chi connectivity index (χ4n) is 5.52. The number of hydrogen-bond donors (Lipinski definition) is 2. The fraction of sp³-hybridized carbons (Fsp3) is 0.321. The van der Waals surface area contributed by atoms with Gasteiger partial charge in [0.2, 0.25) is 0 Å². The molecule has 34 heavy (non-hydrogen) atoms. The third-order valence-corrected chi connectivity index (χ3v) is 7.28. The zero-order valence-corrected chi connectivity index (χ0v) is 19.2. The van der Waals surface area contributed by atoms with Crippen molar-refractivity contribution in [3.05, 3.63) is 94.8 Å². The van der Waals surface area contributed by atoms with E-state index in [1.54, 1.807) is 12.3 Å². The van der Waals surface area contributed by atoms with Crippen molar-refractivity contribution < 1.29 is 19.4 Å². The topological polar surface area (TPSA) is 88.5 Å². The lowest BCUT2D eigenvalue weighted by Crippen LogP contribution is -2.47. The summed E-state index contributed by atoms with van der Waals surface area (Å²) in [6.07, 6.45) is 2.73. The number of fused-ring (bicyclic) bond motifs is 3. The van der Waals surface area contributed by atoms with E-state index in [0.29, 0.717) is 30.5 Å². The van der Waals surface area contributed by atoms with Crippen LogP contribution < -0.4 is 5.32 Å². The SMILES string of the molecule is Cc1ncccc1NC(=O)c1ccc2c(c1)COC(O)[C@H]1CC(=O)CC[C@@]21Cc1ccccc1. The Balaban J connectivity index is 1.55. The lowest BCUT2D eigenvalue weighted by Gasteiger charge is -2.45. The Bertz CT molecular complexity index is 1230. The van der Waals surface area contributed by atoms with Crippen molar-refractivity contribution in [3.63, 3.8) is 0 Å². The van der Waals surface area contributed by atoms with Gasteiger partial charge in [-0.25, -0.2) is 0 Å². The maximum atomic E-state index is 13.0. The number of aliphatic hydroxyl groups is 1. The van der Waals surface area contributed by atoms with Crippen LogP contribution in [-0.4, -0.2) is 28.1 Å². The van der Waals surface area contributed by atoms with Crippen molar-refractivity contribution in [2.45, 2.75) is 50.9 Å². The quantitative estimate of drug-likeness (QED) is 0.610. The summed E-state index contributed by atoms with van der Waals surface area (Å²) in [5.74, 6) is -0.410. The normalized spacial score (nSPS) is 24.0. The number of carbonyl (C=O) groups excluding carboxylic acids is 2. The molecule has 0 radical (unpaired) electrons. The Hall–Kier alpha value is -3.35. The number of nitrogens with zero attached hydrogens (tertiary/aromatic N) is 1. The first-order valence-electron chi connectivity index (χ1n) is 11.7. The van der Waals surface area contributed by atoms with Crippen molar-refractivity contribution in [2.24, 2.45) is 5.92 Å². The van der Waals surface area contributed by atoms with Gasteiger partial charge in [-0.3, -0.25) is 14.6 Å². The van der Waals surface area contributed by atoms with Gasteiger partial charge in [0.05, 0.1) is 18.0 Å². The van der Waals surface area contributed by atoms with Crippen LogP contribution in [-0.2, 0) is 28.0 Å². The first kappa shape index (κ1) is 22.4. The van der Waals surface area contributed by atoms with Crippen LogP contribution in [0.15, 0.2) is 66.9 Å². The van der Waals surface area contributed by atoms with Crippen LogP contribution in [0.4, 0.5) is 5.69 Å². The smallest absolute Gasteiger partial charge is 0.255 e. The van der Waals surface area contributed by atoms with Crippen LogP contribution in [0.1, 0.15) is 52.0 Å². The predicted molar refractivity (Wildman–Crippen MR) is 128 cm³/mol. The van der Waals surface area contributed by atoms with E-state index in [2.05, 4.69) is 22.4 Å². The van der Waals surface area contributed by atoms with Crippen LogP contribution in [0, 0.1) is 12.8 Å². The summed E-state index contributed by atoms with van der Waals surface area (Å²) in [5, 5.41) is 13.9. The van der Waals surface area contributed by atoms with Gasteiger partial charge in [-0.15, -0.1) is 0 Å². The van der Waals surface area contributed by atoms with Gasteiger partial charge in [-0.1, -0.05) is 36.4 Å². The zero-order valence-electron chi connectivity index (χ0n) is 19.2. The van der Waals surface area contributed by atoms with Crippen LogP contribution in [0.3, 0.4) is 0 Å². The van der Waals surface area contributed by atoms with Gasteiger partial charge in [0.1, 0.15) is 5.78 Å². The second-order valence-electron chi connectivity index (χ2n) is 9.33.